The third-order valence-corrected chi connectivity index (χ3v) is 1.84. The minimum Gasteiger partial charge on any atom is -0.383 e. The number of hydrogen-bond donors (Lipinski definition) is 1. The zero-order valence-electron chi connectivity index (χ0n) is 8.38. The van der Waals surface area contributed by atoms with Gasteiger partial charge in [-0.1, -0.05) is 0 Å². The van der Waals surface area contributed by atoms with Crippen LogP contribution in [0, 0.1) is 0 Å². The van der Waals surface area contributed by atoms with Gasteiger partial charge in [0.1, 0.15) is 5.88 Å². The minimum absolute atomic E-state index is 0.215. The van der Waals surface area contributed by atoms with E-state index in [4.69, 9.17) is 16.3 Å². The molecule has 6 heteroatoms. The lowest BCUT2D eigenvalue weighted by atomic mass is 10.5. The summed E-state index contributed by atoms with van der Waals surface area (Å²) in [4.78, 5) is 23.6. The van der Waals surface area contributed by atoms with Crippen LogP contribution in [0.25, 0.3) is 0 Å². The zero-order valence-corrected chi connectivity index (χ0v) is 9.13. The van der Waals surface area contributed by atoms with Gasteiger partial charge in [-0.15, -0.1) is 11.6 Å². The fourth-order valence-electron chi connectivity index (χ4n) is 0.836. The second kappa shape index (κ2) is 7.58. The van der Waals surface area contributed by atoms with Gasteiger partial charge in [-0.3, -0.25) is 10.1 Å². The number of nitrogens with zero attached hydrogens (tertiary/aromatic N) is 1. The van der Waals surface area contributed by atoms with Crippen molar-refractivity contribution in [3.63, 3.8) is 0 Å². The highest BCUT2D eigenvalue weighted by Gasteiger charge is 2.13. The Morgan fingerprint density at radius 1 is 1.50 bits per heavy atom. The first-order valence-corrected chi connectivity index (χ1v) is 4.82. The molecule has 0 radical (unpaired) electrons. The lowest BCUT2D eigenvalue weighted by Crippen LogP contribution is -2.44. The van der Waals surface area contributed by atoms with Crippen molar-refractivity contribution in [2.45, 2.75) is 6.92 Å². The Morgan fingerprint density at radius 3 is 2.57 bits per heavy atom. The van der Waals surface area contributed by atoms with Gasteiger partial charge in [0, 0.05) is 20.2 Å². The quantitative estimate of drug-likeness (QED) is 0.687. The first kappa shape index (κ1) is 13.2. The van der Waals surface area contributed by atoms with Crippen molar-refractivity contribution in [1.82, 2.24) is 10.2 Å². The van der Waals surface area contributed by atoms with E-state index < -0.39 is 11.9 Å². The van der Waals surface area contributed by atoms with Gasteiger partial charge in [0.05, 0.1) is 6.61 Å². The van der Waals surface area contributed by atoms with Crippen LogP contribution in [0.15, 0.2) is 0 Å². The Morgan fingerprint density at radius 2 is 2.14 bits per heavy atom. The van der Waals surface area contributed by atoms with Crippen LogP contribution in [-0.2, 0) is 9.53 Å². The number of imide groups is 1. The maximum Gasteiger partial charge on any atom is 0.324 e. The van der Waals surface area contributed by atoms with Crippen molar-refractivity contribution >= 4 is 23.5 Å². The summed E-state index contributed by atoms with van der Waals surface area (Å²) in [5.41, 5.74) is 0. The molecule has 3 amide bonds. The monoisotopic (exact) mass is 222 g/mol. The SMILES string of the molecule is CCN(CCOC)C(=O)NC(=O)CCl. The third-order valence-electron chi connectivity index (χ3n) is 1.60. The van der Waals surface area contributed by atoms with Gasteiger partial charge in [0.15, 0.2) is 0 Å². The van der Waals surface area contributed by atoms with Crippen LogP contribution in [0.3, 0.4) is 0 Å². The van der Waals surface area contributed by atoms with E-state index in [1.54, 1.807) is 7.11 Å². The number of carbonyl (C=O) groups excluding carboxylic acids is 2. The van der Waals surface area contributed by atoms with Gasteiger partial charge in [-0.2, -0.15) is 0 Å². The van der Waals surface area contributed by atoms with Crippen molar-refractivity contribution in [2.75, 3.05) is 32.7 Å². The maximum absolute atomic E-state index is 11.3. The second-order valence-electron chi connectivity index (χ2n) is 2.56. The summed E-state index contributed by atoms with van der Waals surface area (Å²) in [6.45, 7) is 3.23. The van der Waals surface area contributed by atoms with Crippen molar-refractivity contribution in [3.8, 4) is 0 Å². The summed E-state index contributed by atoms with van der Waals surface area (Å²) >= 11 is 5.24. The van der Waals surface area contributed by atoms with Gasteiger partial charge in [-0.05, 0) is 6.92 Å². The molecule has 5 nitrogen and oxygen atoms in total. The molecule has 0 aromatic heterocycles. The summed E-state index contributed by atoms with van der Waals surface area (Å²) in [6, 6.07) is -0.435. The van der Waals surface area contributed by atoms with Gasteiger partial charge >= 0.3 is 6.03 Å². The van der Waals surface area contributed by atoms with E-state index in [-0.39, 0.29) is 5.88 Å². The van der Waals surface area contributed by atoms with E-state index in [0.717, 1.165) is 0 Å². The molecule has 0 rings (SSSR count). The average Bonchev–Trinajstić information content (AvgIpc) is 2.18. The summed E-state index contributed by atoms with van der Waals surface area (Å²) < 4.78 is 4.82. The third kappa shape index (κ3) is 5.04. The van der Waals surface area contributed by atoms with Crippen LogP contribution in [-0.4, -0.2) is 49.5 Å². The van der Waals surface area contributed by atoms with E-state index in [9.17, 15) is 9.59 Å². The largest absolute Gasteiger partial charge is 0.383 e. The van der Waals surface area contributed by atoms with Crippen molar-refractivity contribution in [3.05, 3.63) is 0 Å². The van der Waals surface area contributed by atoms with Gasteiger partial charge in [-0.25, -0.2) is 4.79 Å². The van der Waals surface area contributed by atoms with Crippen LogP contribution in [0.1, 0.15) is 6.92 Å². The predicted octanol–water partition coefficient (Wildman–Crippen LogP) is 0.430. The summed E-state index contributed by atoms with van der Waals surface area (Å²) in [5.74, 6) is -0.708. The molecule has 0 aromatic carbocycles. The highest BCUT2D eigenvalue weighted by atomic mass is 35.5. The topological polar surface area (TPSA) is 58.6 Å². The van der Waals surface area contributed by atoms with Crippen LogP contribution < -0.4 is 5.32 Å². The zero-order chi connectivity index (χ0) is 11.0. The number of methoxy groups -OCH3 is 1. The van der Waals surface area contributed by atoms with E-state index in [2.05, 4.69) is 5.32 Å². The lowest BCUT2D eigenvalue weighted by molar-refractivity contribution is -0.117. The van der Waals surface area contributed by atoms with E-state index >= 15 is 0 Å². The fraction of sp³-hybridized carbons (Fsp3) is 0.750. The highest BCUT2D eigenvalue weighted by Crippen LogP contribution is 1.89. The Kier molecular flexibility index (Phi) is 7.14. The summed E-state index contributed by atoms with van der Waals surface area (Å²) in [6.07, 6.45) is 0. The number of rotatable bonds is 5. The number of ether oxygens (including phenoxy) is 1. The molecule has 0 heterocycles. The molecule has 0 aliphatic rings. The number of halogens is 1. The summed E-state index contributed by atoms with van der Waals surface area (Å²) in [5, 5.41) is 2.15. The molecule has 14 heavy (non-hydrogen) atoms. The van der Waals surface area contributed by atoms with E-state index in [0.29, 0.717) is 19.7 Å². The van der Waals surface area contributed by atoms with Gasteiger partial charge in [0.2, 0.25) is 5.91 Å². The van der Waals surface area contributed by atoms with Crippen LogP contribution >= 0.6 is 11.6 Å². The smallest absolute Gasteiger partial charge is 0.324 e. The molecule has 0 saturated carbocycles. The molecule has 0 atom stereocenters. The number of alkyl halides is 1. The molecule has 0 saturated heterocycles. The van der Waals surface area contributed by atoms with Crippen molar-refractivity contribution < 1.29 is 14.3 Å². The standard InChI is InChI=1S/C8H15ClN2O3/c1-3-11(4-5-14-2)8(13)10-7(12)6-9/h3-6H2,1-2H3,(H,10,12,13). The first-order valence-electron chi connectivity index (χ1n) is 4.29. The number of amides is 3. The predicted molar refractivity (Wildman–Crippen MR) is 53.4 cm³/mol. The van der Waals surface area contributed by atoms with E-state index in [1.807, 2.05) is 6.92 Å². The molecule has 0 aliphatic carbocycles. The normalized spacial score (nSPS) is 9.64. The molecule has 0 fully saturated rings. The highest BCUT2D eigenvalue weighted by molar-refractivity contribution is 6.28. The Balaban J connectivity index is 3.97. The van der Waals surface area contributed by atoms with Crippen LogP contribution in [0.5, 0.6) is 0 Å². The minimum atomic E-state index is -0.493. The number of hydrogen-bond acceptors (Lipinski definition) is 3. The van der Waals surface area contributed by atoms with Crippen molar-refractivity contribution in [1.29, 1.82) is 0 Å². The second-order valence-corrected chi connectivity index (χ2v) is 2.83. The molecule has 0 unspecified atom stereocenters. The number of likely N-dealkylation sites (N-methyl/N-ethyl adjacent to an activating group) is 1. The number of carbonyl (C=O) groups is 2. The Hall–Kier alpha value is -0.810. The molecular weight excluding hydrogens is 208 g/mol. The van der Waals surface area contributed by atoms with E-state index in [1.165, 1.54) is 4.90 Å². The fourth-order valence-corrected chi connectivity index (χ4v) is 0.903. The lowest BCUT2D eigenvalue weighted by Gasteiger charge is -2.19. The molecule has 0 aromatic rings. The molecular formula is C8H15ClN2O3. The molecule has 82 valence electrons. The van der Waals surface area contributed by atoms with Crippen LogP contribution in [0.2, 0.25) is 0 Å². The Bertz CT molecular complexity index is 199. The van der Waals surface area contributed by atoms with Gasteiger partial charge < -0.3 is 9.64 Å². The molecule has 0 bridgehead atoms. The van der Waals surface area contributed by atoms with Gasteiger partial charge in [0.25, 0.3) is 0 Å². The first-order chi connectivity index (χ1) is 6.65. The molecule has 0 spiro atoms. The summed E-state index contributed by atoms with van der Waals surface area (Å²) in [7, 11) is 1.55. The van der Waals surface area contributed by atoms with Crippen molar-refractivity contribution in [2.24, 2.45) is 0 Å². The number of urea groups is 1. The van der Waals surface area contributed by atoms with Crippen LogP contribution in [0.4, 0.5) is 4.79 Å². The average molecular weight is 223 g/mol. The molecule has 1 N–H and O–H groups in total. The number of nitrogens with one attached hydrogen (secondary N) is 1. The maximum atomic E-state index is 11.3. The molecule has 0 aliphatic heterocycles. The Labute approximate surface area is 88.3 Å².